The Hall–Kier alpha value is -1.82. The van der Waals surface area contributed by atoms with E-state index in [2.05, 4.69) is 9.88 Å². The molecule has 1 saturated heterocycles. The second kappa shape index (κ2) is 5.52. The summed E-state index contributed by atoms with van der Waals surface area (Å²) < 4.78 is 43.8. The van der Waals surface area contributed by atoms with Gasteiger partial charge < -0.3 is 9.64 Å². The summed E-state index contributed by atoms with van der Waals surface area (Å²) >= 11 is 0. The van der Waals surface area contributed by atoms with Gasteiger partial charge in [-0.3, -0.25) is 0 Å². The van der Waals surface area contributed by atoms with E-state index in [-0.39, 0.29) is 0 Å². The molecule has 2 aromatic rings. The zero-order chi connectivity index (χ0) is 14.9. The van der Waals surface area contributed by atoms with Gasteiger partial charge in [-0.1, -0.05) is 6.07 Å². The number of rotatable bonds is 1. The van der Waals surface area contributed by atoms with Crippen LogP contribution in [0, 0.1) is 0 Å². The van der Waals surface area contributed by atoms with Crippen molar-refractivity contribution in [1.29, 1.82) is 0 Å². The number of alkyl halides is 3. The van der Waals surface area contributed by atoms with Gasteiger partial charge in [-0.2, -0.15) is 13.2 Å². The Balaban J connectivity index is 2.03. The van der Waals surface area contributed by atoms with Gasteiger partial charge in [-0.05, 0) is 30.0 Å². The summed E-state index contributed by atoms with van der Waals surface area (Å²) in [6, 6.07) is 5.41. The first-order valence-corrected chi connectivity index (χ1v) is 6.84. The van der Waals surface area contributed by atoms with Crippen LogP contribution in [0.2, 0.25) is 0 Å². The Morgan fingerprint density at radius 3 is 2.76 bits per heavy atom. The normalized spacial score (nSPS) is 17.0. The van der Waals surface area contributed by atoms with E-state index in [9.17, 15) is 13.2 Å². The van der Waals surface area contributed by atoms with E-state index < -0.39 is 11.7 Å². The molecule has 0 spiro atoms. The van der Waals surface area contributed by atoms with Crippen molar-refractivity contribution in [3.8, 4) is 0 Å². The third-order valence-corrected chi connectivity index (χ3v) is 3.59. The van der Waals surface area contributed by atoms with Gasteiger partial charge in [-0.15, -0.1) is 0 Å². The fraction of sp³-hybridized carbons (Fsp3) is 0.400. The highest BCUT2D eigenvalue weighted by molar-refractivity contribution is 5.92. The molecule has 0 unspecified atom stereocenters. The van der Waals surface area contributed by atoms with E-state index in [1.54, 1.807) is 12.3 Å². The van der Waals surface area contributed by atoms with Crippen LogP contribution in [0.1, 0.15) is 12.0 Å². The first-order chi connectivity index (χ1) is 10.1. The highest BCUT2D eigenvalue weighted by Crippen LogP contribution is 2.33. The van der Waals surface area contributed by atoms with Crippen LogP contribution in [-0.2, 0) is 10.9 Å². The molecule has 21 heavy (non-hydrogen) atoms. The van der Waals surface area contributed by atoms with Crippen molar-refractivity contribution in [1.82, 2.24) is 4.98 Å². The molecular weight excluding hydrogens is 281 g/mol. The van der Waals surface area contributed by atoms with Gasteiger partial charge in [0.25, 0.3) is 0 Å². The SMILES string of the molecule is FC(F)(F)c1ccc2c(N3CCCOCC3)nccc2c1. The largest absolute Gasteiger partial charge is 0.416 e. The van der Waals surface area contributed by atoms with E-state index in [1.165, 1.54) is 12.1 Å². The second-order valence-corrected chi connectivity index (χ2v) is 5.02. The summed E-state index contributed by atoms with van der Waals surface area (Å²) in [7, 11) is 0. The highest BCUT2D eigenvalue weighted by Gasteiger charge is 2.30. The number of halogens is 3. The zero-order valence-corrected chi connectivity index (χ0v) is 11.4. The van der Waals surface area contributed by atoms with Gasteiger partial charge in [0.05, 0.1) is 12.2 Å². The predicted octanol–water partition coefficient (Wildman–Crippen LogP) is 3.48. The van der Waals surface area contributed by atoms with E-state index >= 15 is 0 Å². The maximum atomic E-state index is 12.8. The summed E-state index contributed by atoms with van der Waals surface area (Å²) in [5.41, 5.74) is -0.633. The van der Waals surface area contributed by atoms with Gasteiger partial charge >= 0.3 is 6.18 Å². The number of ether oxygens (including phenoxy) is 1. The highest BCUT2D eigenvalue weighted by atomic mass is 19.4. The van der Waals surface area contributed by atoms with E-state index in [0.717, 1.165) is 30.2 Å². The monoisotopic (exact) mass is 296 g/mol. The van der Waals surface area contributed by atoms with Crippen molar-refractivity contribution < 1.29 is 17.9 Å². The maximum absolute atomic E-state index is 12.8. The summed E-state index contributed by atoms with van der Waals surface area (Å²) in [6.07, 6.45) is -1.88. The molecule has 3 rings (SSSR count). The summed E-state index contributed by atoms with van der Waals surface area (Å²) in [5.74, 6) is 0.728. The number of nitrogens with zero attached hydrogens (tertiary/aromatic N) is 2. The Morgan fingerprint density at radius 1 is 1.10 bits per heavy atom. The zero-order valence-electron chi connectivity index (χ0n) is 11.4. The molecule has 2 heterocycles. The number of hydrogen-bond acceptors (Lipinski definition) is 3. The van der Waals surface area contributed by atoms with Gasteiger partial charge in [0.1, 0.15) is 5.82 Å². The molecule has 1 aromatic carbocycles. The molecule has 0 atom stereocenters. The fourth-order valence-corrected chi connectivity index (χ4v) is 2.55. The molecule has 1 aliphatic heterocycles. The lowest BCUT2D eigenvalue weighted by Gasteiger charge is -2.22. The van der Waals surface area contributed by atoms with Crippen LogP contribution >= 0.6 is 0 Å². The Labute approximate surface area is 120 Å². The number of pyridine rings is 1. The van der Waals surface area contributed by atoms with Crippen molar-refractivity contribution >= 4 is 16.6 Å². The molecule has 112 valence electrons. The smallest absolute Gasteiger partial charge is 0.380 e. The molecular formula is C15H15F3N2O. The second-order valence-electron chi connectivity index (χ2n) is 5.02. The molecule has 1 aromatic heterocycles. The van der Waals surface area contributed by atoms with E-state index in [4.69, 9.17) is 4.74 Å². The molecule has 3 nitrogen and oxygen atoms in total. The van der Waals surface area contributed by atoms with E-state index in [0.29, 0.717) is 25.1 Å². The lowest BCUT2D eigenvalue weighted by molar-refractivity contribution is -0.137. The van der Waals surface area contributed by atoms with Crippen LogP contribution in [0.25, 0.3) is 10.8 Å². The van der Waals surface area contributed by atoms with Crippen molar-refractivity contribution in [2.45, 2.75) is 12.6 Å². The first-order valence-electron chi connectivity index (χ1n) is 6.84. The van der Waals surface area contributed by atoms with Gasteiger partial charge in [0, 0.05) is 31.3 Å². The Morgan fingerprint density at radius 2 is 1.95 bits per heavy atom. The van der Waals surface area contributed by atoms with Gasteiger partial charge in [0.2, 0.25) is 0 Å². The number of anilines is 1. The average molecular weight is 296 g/mol. The quantitative estimate of drug-likeness (QED) is 0.805. The molecule has 0 amide bonds. The molecule has 1 fully saturated rings. The third kappa shape index (κ3) is 2.95. The predicted molar refractivity (Wildman–Crippen MR) is 74.4 cm³/mol. The number of fused-ring (bicyclic) bond motifs is 1. The van der Waals surface area contributed by atoms with Crippen LogP contribution in [0.15, 0.2) is 30.5 Å². The fourth-order valence-electron chi connectivity index (χ4n) is 2.55. The van der Waals surface area contributed by atoms with Crippen LogP contribution < -0.4 is 4.90 Å². The summed E-state index contributed by atoms with van der Waals surface area (Å²) in [6.45, 7) is 2.82. The molecule has 0 aliphatic carbocycles. The Kier molecular flexibility index (Phi) is 3.71. The molecule has 0 saturated carbocycles. The standard InChI is InChI=1S/C15H15F3N2O/c16-15(17,18)12-2-3-13-11(10-12)4-5-19-14(13)20-6-1-8-21-9-7-20/h2-5,10H,1,6-9H2. The average Bonchev–Trinajstić information content (AvgIpc) is 2.74. The molecule has 0 bridgehead atoms. The van der Waals surface area contributed by atoms with Crippen molar-refractivity contribution in [3.05, 3.63) is 36.0 Å². The Bertz CT molecular complexity index is 634. The number of benzene rings is 1. The lowest BCUT2D eigenvalue weighted by atomic mass is 10.1. The van der Waals surface area contributed by atoms with Crippen LogP contribution in [-0.4, -0.2) is 31.3 Å². The molecule has 0 N–H and O–H groups in total. The first kappa shape index (κ1) is 14.1. The van der Waals surface area contributed by atoms with Crippen molar-refractivity contribution in [2.75, 3.05) is 31.2 Å². The summed E-state index contributed by atoms with van der Waals surface area (Å²) in [4.78, 5) is 6.43. The molecule has 1 aliphatic rings. The number of hydrogen-bond donors (Lipinski definition) is 0. The minimum absolute atomic E-state index is 0.556. The van der Waals surface area contributed by atoms with Gasteiger partial charge in [0.15, 0.2) is 0 Å². The van der Waals surface area contributed by atoms with Crippen LogP contribution in [0.3, 0.4) is 0 Å². The van der Waals surface area contributed by atoms with Crippen LogP contribution in [0.5, 0.6) is 0 Å². The topological polar surface area (TPSA) is 25.4 Å². The third-order valence-electron chi connectivity index (χ3n) is 3.59. The summed E-state index contributed by atoms with van der Waals surface area (Å²) in [5, 5.41) is 1.30. The van der Waals surface area contributed by atoms with Crippen LogP contribution in [0.4, 0.5) is 19.0 Å². The van der Waals surface area contributed by atoms with E-state index in [1.807, 2.05) is 0 Å². The number of aromatic nitrogens is 1. The molecule has 6 heteroatoms. The van der Waals surface area contributed by atoms with Crippen molar-refractivity contribution in [2.24, 2.45) is 0 Å². The van der Waals surface area contributed by atoms with Crippen molar-refractivity contribution in [3.63, 3.8) is 0 Å². The lowest BCUT2D eigenvalue weighted by Crippen LogP contribution is -2.27. The maximum Gasteiger partial charge on any atom is 0.416 e. The minimum atomic E-state index is -4.33. The molecule has 0 radical (unpaired) electrons. The van der Waals surface area contributed by atoms with Gasteiger partial charge in [-0.25, -0.2) is 4.98 Å². The minimum Gasteiger partial charge on any atom is -0.380 e.